The van der Waals surface area contributed by atoms with Crippen molar-refractivity contribution in [1.82, 2.24) is 4.90 Å². The maximum atomic E-state index is 12.9. The van der Waals surface area contributed by atoms with Gasteiger partial charge in [0.2, 0.25) is 5.91 Å². The van der Waals surface area contributed by atoms with E-state index in [1.54, 1.807) is 4.90 Å². The molecule has 0 saturated carbocycles. The summed E-state index contributed by atoms with van der Waals surface area (Å²) in [5, 5.41) is 2.70. The molecule has 0 aromatic heterocycles. The predicted octanol–water partition coefficient (Wildman–Crippen LogP) is 4.14. The van der Waals surface area contributed by atoms with Gasteiger partial charge in [0, 0.05) is 36.2 Å². The lowest BCUT2D eigenvalue weighted by Gasteiger charge is -2.19. The summed E-state index contributed by atoms with van der Waals surface area (Å²) >= 11 is 3.15. The van der Waals surface area contributed by atoms with Gasteiger partial charge in [-0.1, -0.05) is 15.9 Å². The van der Waals surface area contributed by atoms with Gasteiger partial charge in [-0.15, -0.1) is 0 Å². The summed E-state index contributed by atoms with van der Waals surface area (Å²) in [4.78, 5) is 13.4. The highest BCUT2D eigenvalue weighted by atomic mass is 79.9. The van der Waals surface area contributed by atoms with Gasteiger partial charge < -0.3 is 10.2 Å². The van der Waals surface area contributed by atoms with E-state index in [1.165, 1.54) is 12.1 Å². The molecule has 0 saturated heterocycles. The topological polar surface area (TPSA) is 32.3 Å². The zero-order valence-electron chi connectivity index (χ0n) is 11.9. The van der Waals surface area contributed by atoms with Gasteiger partial charge in [0.1, 0.15) is 0 Å². The maximum absolute atomic E-state index is 12.9. The predicted molar refractivity (Wildman–Crippen MR) is 80.2 cm³/mol. The summed E-state index contributed by atoms with van der Waals surface area (Å²) in [5.41, 5.74) is -0.759. The minimum atomic E-state index is -4.42. The Bertz CT molecular complexity index is 488. The van der Waals surface area contributed by atoms with Crippen molar-refractivity contribution in [2.75, 3.05) is 25.0 Å². The number of anilines is 1. The first-order chi connectivity index (χ1) is 9.79. The van der Waals surface area contributed by atoms with Crippen molar-refractivity contribution in [1.29, 1.82) is 0 Å². The van der Waals surface area contributed by atoms with Gasteiger partial charge in [0.05, 0.1) is 5.56 Å². The second-order valence-corrected chi connectivity index (χ2v) is 5.35. The van der Waals surface area contributed by atoms with Crippen LogP contribution in [0.1, 0.15) is 25.8 Å². The van der Waals surface area contributed by atoms with Gasteiger partial charge in [0.25, 0.3) is 0 Å². The third-order valence-corrected chi connectivity index (χ3v) is 3.55. The molecule has 0 fully saturated rings. The van der Waals surface area contributed by atoms with Crippen LogP contribution >= 0.6 is 15.9 Å². The first-order valence-corrected chi connectivity index (χ1v) is 7.47. The normalized spacial score (nSPS) is 11.3. The molecule has 21 heavy (non-hydrogen) atoms. The zero-order chi connectivity index (χ0) is 16.0. The molecule has 0 spiro atoms. The van der Waals surface area contributed by atoms with Crippen molar-refractivity contribution >= 4 is 27.5 Å². The lowest BCUT2D eigenvalue weighted by Crippen LogP contribution is -2.31. The Kier molecular flexibility index (Phi) is 6.51. The van der Waals surface area contributed by atoms with Crippen LogP contribution in [0.15, 0.2) is 22.7 Å². The van der Waals surface area contributed by atoms with E-state index in [-0.39, 0.29) is 24.6 Å². The fourth-order valence-corrected chi connectivity index (χ4v) is 2.31. The van der Waals surface area contributed by atoms with Crippen LogP contribution in [0.3, 0.4) is 0 Å². The van der Waals surface area contributed by atoms with Crippen molar-refractivity contribution < 1.29 is 18.0 Å². The molecule has 0 aliphatic heterocycles. The number of halogens is 4. The standard InChI is InChI=1S/C14H18BrF3N2O/c1-3-20(4-2)13(21)7-8-19-12-9-10(15)5-6-11(12)14(16,17)18/h5-6,9,19H,3-4,7-8H2,1-2H3. The maximum Gasteiger partial charge on any atom is 0.418 e. The number of hydrogen-bond acceptors (Lipinski definition) is 2. The van der Waals surface area contributed by atoms with Crippen molar-refractivity contribution in [2.45, 2.75) is 26.4 Å². The molecule has 0 unspecified atom stereocenters. The van der Waals surface area contributed by atoms with E-state index in [4.69, 9.17) is 0 Å². The molecule has 1 aromatic rings. The molecule has 0 aliphatic rings. The van der Waals surface area contributed by atoms with Crippen LogP contribution in [0, 0.1) is 0 Å². The Balaban J connectivity index is 2.71. The lowest BCUT2D eigenvalue weighted by molar-refractivity contribution is -0.137. The zero-order valence-corrected chi connectivity index (χ0v) is 13.5. The van der Waals surface area contributed by atoms with Crippen LogP contribution in [-0.2, 0) is 11.0 Å². The fraction of sp³-hybridized carbons (Fsp3) is 0.500. The van der Waals surface area contributed by atoms with E-state index in [0.29, 0.717) is 17.6 Å². The molecular formula is C14H18BrF3N2O. The van der Waals surface area contributed by atoms with Crippen LogP contribution in [0.5, 0.6) is 0 Å². The van der Waals surface area contributed by atoms with Crippen LogP contribution in [-0.4, -0.2) is 30.4 Å². The lowest BCUT2D eigenvalue weighted by atomic mass is 10.1. The molecule has 1 amide bonds. The summed E-state index contributed by atoms with van der Waals surface area (Å²) in [5.74, 6) is -0.0731. The number of hydrogen-bond donors (Lipinski definition) is 1. The molecule has 0 bridgehead atoms. The van der Waals surface area contributed by atoms with Gasteiger partial charge in [-0.25, -0.2) is 0 Å². The van der Waals surface area contributed by atoms with Gasteiger partial charge in [-0.05, 0) is 32.0 Å². The first-order valence-electron chi connectivity index (χ1n) is 6.68. The third kappa shape index (κ3) is 5.22. The second kappa shape index (κ2) is 7.68. The van der Waals surface area contributed by atoms with E-state index in [0.717, 1.165) is 6.07 Å². The summed E-state index contributed by atoms with van der Waals surface area (Å²) in [7, 11) is 0. The Hall–Kier alpha value is -1.24. The smallest absolute Gasteiger partial charge is 0.384 e. The van der Waals surface area contributed by atoms with E-state index < -0.39 is 11.7 Å². The molecule has 0 atom stereocenters. The van der Waals surface area contributed by atoms with Gasteiger partial charge in [-0.3, -0.25) is 4.79 Å². The molecule has 7 heteroatoms. The number of benzene rings is 1. The number of rotatable bonds is 6. The molecule has 0 heterocycles. The Labute approximate surface area is 130 Å². The third-order valence-electron chi connectivity index (χ3n) is 3.06. The van der Waals surface area contributed by atoms with Gasteiger partial charge in [-0.2, -0.15) is 13.2 Å². The monoisotopic (exact) mass is 366 g/mol. The average molecular weight is 367 g/mol. The van der Waals surface area contributed by atoms with E-state index in [1.807, 2.05) is 13.8 Å². The van der Waals surface area contributed by atoms with Crippen molar-refractivity contribution in [3.05, 3.63) is 28.2 Å². The fourth-order valence-electron chi connectivity index (χ4n) is 1.95. The summed E-state index contributed by atoms with van der Waals surface area (Å²) in [6, 6.07) is 3.72. The molecule has 1 aromatic carbocycles. The van der Waals surface area contributed by atoms with Crippen LogP contribution in [0.2, 0.25) is 0 Å². The van der Waals surface area contributed by atoms with E-state index in [2.05, 4.69) is 21.2 Å². The highest BCUT2D eigenvalue weighted by Gasteiger charge is 2.33. The SMILES string of the molecule is CCN(CC)C(=O)CCNc1cc(Br)ccc1C(F)(F)F. The van der Waals surface area contributed by atoms with Gasteiger partial charge >= 0.3 is 6.18 Å². The van der Waals surface area contributed by atoms with Gasteiger partial charge in [0.15, 0.2) is 0 Å². The highest BCUT2D eigenvalue weighted by molar-refractivity contribution is 9.10. The number of alkyl halides is 3. The number of carbonyl (C=O) groups is 1. The van der Waals surface area contributed by atoms with Crippen molar-refractivity contribution in [2.24, 2.45) is 0 Å². The molecule has 118 valence electrons. The largest absolute Gasteiger partial charge is 0.418 e. The number of nitrogens with zero attached hydrogens (tertiary/aromatic N) is 1. The molecule has 0 radical (unpaired) electrons. The summed E-state index contributed by atoms with van der Waals surface area (Å²) in [6.45, 7) is 5.09. The van der Waals surface area contributed by atoms with E-state index >= 15 is 0 Å². The minimum absolute atomic E-state index is 0.0239. The minimum Gasteiger partial charge on any atom is -0.384 e. The summed E-state index contributed by atoms with van der Waals surface area (Å²) in [6.07, 6.45) is -4.27. The Morgan fingerprint density at radius 1 is 1.29 bits per heavy atom. The van der Waals surface area contributed by atoms with Crippen molar-refractivity contribution in [3.8, 4) is 0 Å². The number of amides is 1. The molecule has 3 nitrogen and oxygen atoms in total. The Morgan fingerprint density at radius 3 is 2.43 bits per heavy atom. The number of nitrogens with one attached hydrogen (secondary N) is 1. The molecule has 0 aliphatic carbocycles. The van der Waals surface area contributed by atoms with Crippen LogP contribution < -0.4 is 5.32 Å². The quantitative estimate of drug-likeness (QED) is 0.820. The highest BCUT2D eigenvalue weighted by Crippen LogP contribution is 2.36. The second-order valence-electron chi connectivity index (χ2n) is 4.43. The van der Waals surface area contributed by atoms with E-state index in [9.17, 15) is 18.0 Å². The average Bonchev–Trinajstić information content (AvgIpc) is 2.38. The van der Waals surface area contributed by atoms with Crippen LogP contribution in [0.25, 0.3) is 0 Å². The Morgan fingerprint density at radius 2 is 1.90 bits per heavy atom. The molecule has 1 rings (SSSR count). The molecule has 1 N–H and O–H groups in total. The first kappa shape index (κ1) is 17.8. The van der Waals surface area contributed by atoms with Crippen LogP contribution in [0.4, 0.5) is 18.9 Å². The number of carbonyl (C=O) groups excluding carboxylic acids is 1. The molecular weight excluding hydrogens is 349 g/mol. The summed E-state index contributed by atoms with van der Waals surface area (Å²) < 4.78 is 39.2. The van der Waals surface area contributed by atoms with Crippen molar-refractivity contribution in [3.63, 3.8) is 0 Å².